The summed E-state index contributed by atoms with van der Waals surface area (Å²) in [7, 11) is 0. The average molecular weight is 320 g/mol. The van der Waals surface area contributed by atoms with Gasteiger partial charge in [-0.15, -0.1) is 0 Å². The number of nitrogens with one attached hydrogen (secondary N) is 1. The van der Waals surface area contributed by atoms with E-state index in [1.165, 1.54) is 5.56 Å². The standard InChI is InChI=1S/C15H18ClN5O/c16-15-19-13(18-6-3-12-1-4-17-5-2-12)11-14(20-15)21-7-9-22-10-8-21/h1-2,4-5,11H,3,6-10H2,(H,18,19,20). The molecule has 2 aromatic heterocycles. The van der Waals surface area contributed by atoms with Crippen LogP contribution in [-0.4, -0.2) is 47.8 Å². The number of pyridine rings is 1. The fourth-order valence-electron chi connectivity index (χ4n) is 2.34. The summed E-state index contributed by atoms with van der Waals surface area (Å²) in [4.78, 5) is 14.7. The van der Waals surface area contributed by atoms with E-state index in [0.717, 1.165) is 37.7 Å². The Morgan fingerprint density at radius 1 is 1.18 bits per heavy atom. The molecule has 0 aromatic carbocycles. The summed E-state index contributed by atoms with van der Waals surface area (Å²) < 4.78 is 5.36. The van der Waals surface area contributed by atoms with Crippen molar-refractivity contribution in [2.45, 2.75) is 6.42 Å². The molecule has 1 fully saturated rings. The van der Waals surface area contributed by atoms with E-state index in [1.807, 2.05) is 18.2 Å². The molecule has 0 spiro atoms. The zero-order valence-electron chi connectivity index (χ0n) is 12.2. The van der Waals surface area contributed by atoms with E-state index < -0.39 is 0 Å². The number of morpholine rings is 1. The summed E-state index contributed by atoms with van der Waals surface area (Å²) in [5, 5.41) is 3.56. The van der Waals surface area contributed by atoms with E-state index >= 15 is 0 Å². The summed E-state index contributed by atoms with van der Waals surface area (Å²) in [5.41, 5.74) is 1.23. The molecule has 0 unspecified atom stereocenters. The third kappa shape index (κ3) is 4.05. The van der Waals surface area contributed by atoms with Gasteiger partial charge in [-0.2, -0.15) is 0 Å². The summed E-state index contributed by atoms with van der Waals surface area (Å²) in [6, 6.07) is 5.95. The lowest BCUT2D eigenvalue weighted by molar-refractivity contribution is 0.122. The Kier molecular flexibility index (Phi) is 5.03. The van der Waals surface area contributed by atoms with Crippen LogP contribution in [0, 0.1) is 0 Å². The molecule has 0 radical (unpaired) electrons. The molecule has 116 valence electrons. The van der Waals surface area contributed by atoms with E-state index in [9.17, 15) is 0 Å². The molecule has 0 bridgehead atoms. The van der Waals surface area contributed by atoms with Gasteiger partial charge in [0.05, 0.1) is 13.2 Å². The molecular weight excluding hydrogens is 302 g/mol. The molecule has 1 N–H and O–H groups in total. The van der Waals surface area contributed by atoms with Gasteiger partial charge in [-0.1, -0.05) is 0 Å². The van der Waals surface area contributed by atoms with E-state index in [4.69, 9.17) is 16.3 Å². The van der Waals surface area contributed by atoms with Crippen molar-refractivity contribution in [1.29, 1.82) is 0 Å². The molecule has 0 atom stereocenters. The van der Waals surface area contributed by atoms with E-state index in [1.54, 1.807) is 12.4 Å². The number of halogens is 1. The lowest BCUT2D eigenvalue weighted by Crippen LogP contribution is -2.36. The topological polar surface area (TPSA) is 63.2 Å². The maximum atomic E-state index is 6.04. The molecule has 3 rings (SSSR count). The predicted molar refractivity (Wildman–Crippen MR) is 86.5 cm³/mol. The second kappa shape index (κ2) is 7.38. The van der Waals surface area contributed by atoms with Crippen LogP contribution < -0.4 is 10.2 Å². The normalized spacial score (nSPS) is 14.9. The van der Waals surface area contributed by atoms with E-state index in [0.29, 0.717) is 13.2 Å². The Morgan fingerprint density at radius 3 is 2.73 bits per heavy atom. The molecule has 0 amide bonds. The average Bonchev–Trinajstić information content (AvgIpc) is 2.56. The molecule has 1 saturated heterocycles. The summed E-state index contributed by atoms with van der Waals surface area (Å²) in [6.07, 6.45) is 4.50. The molecule has 0 aliphatic carbocycles. The van der Waals surface area contributed by atoms with Crippen molar-refractivity contribution in [2.75, 3.05) is 43.1 Å². The van der Waals surface area contributed by atoms with Crippen LogP contribution in [0.2, 0.25) is 5.28 Å². The zero-order chi connectivity index (χ0) is 15.2. The highest BCUT2D eigenvalue weighted by Crippen LogP contribution is 2.19. The van der Waals surface area contributed by atoms with Gasteiger partial charge in [0, 0.05) is 38.1 Å². The molecule has 3 heterocycles. The van der Waals surface area contributed by atoms with Crippen LogP contribution in [-0.2, 0) is 11.2 Å². The van der Waals surface area contributed by atoms with Crippen molar-refractivity contribution < 1.29 is 4.74 Å². The van der Waals surface area contributed by atoms with Crippen LogP contribution in [0.15, 0.2) is 30.6 Å². The van der Waals surface area contributed by atoms with Gasteiger partial charge in [-0.05, 0) is 35.7 Å². The first-order chi connectivity index (χ1) is 10.8. The Labute approximate surface area is 134 Å². The van der Waals surface area contributed by atoms with Gasteiger partial charge in [0.15, 0.2) is 0 Å². The number of anilines is 2. The van der Waals surface area contributed by atoms with E-state index in [-0.39, 0.29) is 5.28 Å². The van der Waals surface area contributed by atoms with Crippen molar-refractivity contribution in [3.63, 3.8) is 0 Å². The number of nitrogens with zero attached hydrogens (tertiary/aromatic N) is 4. The number of hydrogen-bond donors (Lipinski definition) is 1. The van der Waals surface area contributed by atoms with Gasteiger partial charge in [0.2, 0.25) is 5.28 Å². The molecule has 1 aliphatic rings. The first-order valence-corrected chi connectivity index (χ1v) is 7.69. The highest BCUT2D eigenvalue weighted by molar-refractivity contribution is 6.28. The van der Waals surface area contributed by atoms with Gasteiger partial charge in [-0.25, -0.2) is 9.97 Å². The highest BCUT2D eigenvalue weighted by Gasteiger charge is 2.14. The molecular formula is C15H18ClN5O. The van der Waals surface area contributed by atoms with Crippen molar-refractivity contribution in [2.24, 2.45) is 0 Å². The van der Waals surface area contributed by atoms with Crippen molar-refractivity contribution in [1.82, 2.24) is 15.0 Å². The maximum absolute atomic E-state index is 6.04. The molecule has 1 aliphatic heterocycles. The monoisotopic (exact) mass is 319 g/mol. The molecule has 2 aromatic rings. The van der Waals surface area contributed by atoms with E-state index in [2.05, 4.69) is 25.2 Å². The lowest BCUT2D eigenvalue weighted by Gasteiger charge is -2.28. The molecule has 6 nitrogen and oxygen atoms in total. The van der Waals surface area contributed by atoms with Gasteiger partial charge in [0.1, 0.15) is 11.6 Å². The van der Waals surface area contributed by atoms with Crippen LogP contribution >= 0.6 is 11.6 Å². The second-order valence-electron chi connectivity index (χ2n) is 5.01. The van der Waals surface area contributed by atoms with Crippen LogP contribution in [0.25, 0.3) is 0 Å². The van der Waals surface area contributed by atoms with Crippen molar-refractivity contribution >= 4 is 23.2 Å². The minimum atomic E-state index is 0.260. The SMILES string of the molecule is Clc1nc(NCCc2ccncc2)cc(N2CCOCC2)n1. The Hall–Kier alpha value is -1.92. The third-order valence-corrected chi connectivity index (χ3v) is 3.66. The fraction of sp³-hybridized carbons (Fsp3) is 0.400. The second-order valence-corrected chi connectivity index (χ2v) is 5.35. The maximum Gasteiger partial charge on any atom is 0.226 e. The number of hydrogen-bond acceptors (Lipinski definition) is 6. The van der Waals surface area contributed by atoms with Gasteiger partial charge in [-0.3, -0.25) is 4.98 Å². The highest BCUT2D eigenvalue weighted by atomic mass is 35.5. The van der Waals surface area contributed by atoms with Crippen LogP contribution in [0.1, 0.15) is 5.56 Å². The van der Waals surface area contributed by atoms with Gasteiger partial charge < -0.3 is 15.0 Å². The summed E-state index contributed by atoms with van der Waals surface area (Å²) in [5.74, 6) is 1.59. The number of rotatable bonds is 5. The van der Waals surface area contributed by atoms with Crippen LogP contribution in [0.3, 0.4) is 0 Å². The van der Waals surface area contributed by atoms with Gasteiger partial charge >= 0.3 is 0 Å². The minimum Gasteiger partial charge on any atom is -0.378 e. The largest absolute Gasteiger partial charge is 0.378 e. The zero-order valence-corrected chi connectivity index (χ0v) is 13.0. The quantitative estimate of drug-likeness (QED) is 0.851. The third-order valence-electron chi connectivity index (χ3n) is 3.49. The Morgan fingerprint density at radius 2 is 1.95 bits per heavy atom. The van der Waals surface area contributed by atoms with Crippen LogP contribution in [0.4, 0.5) is 11.6 Å². The first kappa shape index (κ1) is 15.0. The Balaban J connectivity index is 1.62. The first-order valence-electron chi connectivity index (χ1n) is 7.31. The van der Waals surface area contributed by atoms with Crippen molar-refractivity contribution in [3.8, 4) is 0 Å². The smallest absolute Gasteiger partial charge is 0.226 e. The lowest BCUT2D eigenvalue weighted by atomic mass is 10.2. The predicted octanol–water partition coefficient (Wildman–Crippen LogP) is 2.02. The van der Waals surface area contributed by atoms with Gasteiger partial charge in [0.25, 0.3) is 0 Å². The molecule has 22 heavy (non-hydrogen) atoms. The number of aromatic nitrogens is 3. The summed E-state index contributed by atoms with van der Waals surface area (Å²) >= 11 is 6.04. The minimum absolute atomic E-state index is 0.260. The Bertz CT molecular complexity index is 604. The van der Waals surface area contributed by atoms with Crippen LogP contribution in [0.5, 0.6) is 0 Å². The van der Waals surface area contributed by atoms with Crippen molar-refractivity contribution in [3.05, 3.63) is 41.4 Å². The molecule has 0 saturated carbocycles. The summed E-state index contributed by atoms with van der Waals surface area (Å²) in [6.45, 7) is 3.85. The fourth-order valence-corrected chi connectivity index (χ4v) is 2.51. The molecule has 7 heteroatoms. The number of ether oxygens (including phenoxy) is 1.